The van der Waals surface area contributed by atoms with Gasteiger partial charge in [-0.05, 0) is 43.4 Å². The van der Waals surface area contributed by atoms with E-state index in [0.717, 1.165) is 44.9 Å². The third-order valence-electron chi connectivity index (χ3n) is 5.17. The molecule has 0 aliphatic heterocycles. The molecule has 2 unspecified atom stereocenters. The molecule has 1 N–H and O–H groups in total. The lowest BCUT2D eigenvalue weighted by atomic mass is 9.53. The zero-order valence-corrected chi connectivity index (χ0v) is 12.1. The summed E-state index contributed by atoms with van der Waals surface area (Å²) < 4.78 is 0. The number of hydrogen-bond donors (Lipinski definition) is 1. The van der Waals surface area contributed by atoms with Crippen molar-refractivity contribution in [3.05, 3.63) is 0 Å². The molecule has 2 aliphatic carbocycles. The van der Waals surface area contributed by atoms with Crippen LogP contribution in [0.2, 0.25) is 0 Å². The first kappa shape index (κ1) is 13.9. The maximum absolute atomic E-state index is 11.2. The Kier molecular flexibility index (Phi) is 3.49. The molecule has 2 fully saturated rings. The predicted molar refractivity (Wildman–Crippen MR) is 72.9 cm³/mol. The molecule has 18 heavy (non-hydrogen) atoms. The van der Waals surface area contributed by atoms with Crippen molar-refractivity contribution in [3.63, 3.8) is 0 Å². The second-order valence-corrected chi connectivity index (χ2v) is 7.64. The molecule has 2 aliphatic rings. The molecule has 2 heteroatoms. The lowest BCUT2D eigenvalue weighted by Crippen LogP contribution is -2.54. The Morgan fingerprint density at radius 2 is 1.72 bits per heavy atom. The van der Waals surface area contributed by atoms with Crippen LogP contribution in [0.25, 0.3) is 0 Å². The van der Waals surface area contributed by atoms with Crippen LogP contribution in [0, 0.1) is 28.1 Å². The molecular formula is C16H27NO. The first-order valence-electron chi connectivity index (χ1n) is 7.46. The van der Waals surface area contributed by atoms with E-state index in [1.165, 1.54) is 6.42 Å². The fourth-order valence-electron chi connectivity index (χ4n) is 4.73. The second-order valence-electron chi connectivity index (χ2n) is 7.64. The van der Waals surface area contributed by atoms with Gasteiger partial charge in [-0.3, -0.25) is 0 Å². The number of rotatable bonds is 1. The van der Waals surface area contributed by atoms with Gasteiger partial charge in [0.15, 0.2) is 0 Å². The average Bonchev–Trinajstić information content (AvgIpc) is 2.26. The van der Waals surface area contributed by atoms with Crippen LogP contribution in [0.1, 0.15) is 72.1 Å². The number of nitrogens with zero attached hydrogens (tertiary/aromatic N) is 1. The smallest absolute Gasteiger partial charge is 0.0860 e. The normalized spacial score (nSPS) is 38.9. The van der Waals surface area contributed by atoms with Crippen molar-refractivity contribution in [1.29, 1.82) is 5.26 Å². The van der Waals surface area contributed by atoms with Crippen LogP contribution in [0.4, 0.5) is 0 Å². The van der Waals surface area contributed by atoms with Gasteiger partial charge in [0.25, 0.3) is 0 Å². The summed E-state index contributed by atoms with van der Waals surface area (Å²) in [7, 11) is 0. The highest BCUT2D eigenvalue weighted by Gasteiger charge is 2.55. The van der Waals surface area contributed by atoms with Gasteiger partial charge in [-0.25, -0.2) is 0 Å². The summed E-state index contributed by atoms with van der Waals surface area (Å²) in [6, 6.07) is 2.54. The largest absolute Gasteiger partial charge is 0.388 e. The molecule has 2 atom stereocenters. The van der Waals surface area contributed by atoms with Gasteiger partial charge in [0.1, 0.15) is 0 Å². The van der Waals surface area contributed by atoms with Gasteiger partial charge in [-0.15, -0.1) is 0 Å². The summed E-state index contributed by atoms with van der Waals surface area (Å²) in [6.45, 7) is 6.70. The van der Waals surface area contributed by atoms with Gasteiger partial charge in [0, 0.05) is 0 Å². The van der Waals surface area contributed by atoms with E-state index in [0.29, 0.717) is 5.92 Å². The van der Waals surface area contributed by atoms with Crippen LogP contribution in [0.5, 0.6) is 0 Å². The standard InChI is InChI=1S/C16H27NO/c1-13-9-14(2,3)11-16(18,10-13)15(12-17)7-5-4-6-8-15/h13,18H,4-11H2,1-3H3. The minimum Gasteiger partial charge on any atom is -0.388 e. The van der Waals surface area contributed by atoms with Gasteiger partial charge >= 0.3 is 0 Å². The maximum Gasteiger partial charge on any atom is 0.0860 e. The summed E-state index contributed by atoms with van der Waals surface area (Å²) in [5.41, 5.74) is -1.08. The molecule has 102 valence electrons. The molecule has 2 nitrogen and oxygen atoms in total. The Morgan fingerprint density at radius 3 is 2.22 bits per heavy atom. The van der Waals surface area contributed by atoms with Crippen molar-refractivity contribution >= 4 is 0 Å². The summed E-state index contributed by atoms with van der Waals surface area (Å²) in [5.74, 6) is 0.519. The molecule has 0 amide bonds. The minimum absolute atomic E-state index is 0.160. The topological polar surface area (TPSA) is 44.0 Å². The summed E-state index contributed by atoms with van der Waals surface area (Å²) in [5, 5.41) is 20.9. The highest BCUT2D eigenvalue weighted by atomic mass is 16.3. The van der Waals surface area contributed by atoms with Crippen LogP contribution >= 0.6 is 0 Å². The van der Waals surface area contributed by atoms with Crippen molar-refractivity contribution in [2.45, 2.75) is 77.7 Å². The Balaban J connectivity index is 2.30. The Hall–Kier alpha value is -0.550. The van der Waals surface area contributed by atoms with Gasteiger partial charge in [-0.2, -0.15) is 5.26 Å². The van der Waals surface area contributed by atoms with Crippen molar-refractivity contribution in [2.75, 3.05) is 0 Å². The second kappa shape index (κ2) is 4.53. The Labute approximate surface area is 111 Å². The monoisotopic (exact) mass is 249 g/mol. The average molecular weight is 249 g/mol. The van der Waals surface area contributed by atoms with E-state index in [4.69, 9.17) is 0 Å². The quantitative estimate of drug-likeness (QED) is 0.762. The van der Waals surface area contributed by atoms with Crippen molar-refractivity contribution in [3.8, 4) is 6.07 Å². The third-order valence-corrected chi connectivity index (χ3v) is 5.17. The van der Waals surface area contributed by atoms with Gasteiger partial charge in [0.2, 0.25) is 0 Å². The maximum atomic E-state index is 11.2. The van der Waals surface area contributed by atoms with Crippen LogP contribution in [0.3, 0.4) is 0 Å². The van der Waals surface area contributed by atoms with E-state index in [9.17, 15) is 10.4 Å². The molecule has 0 aromatic rings. The van der Waals surface area contributed by atoms with E-state index < -0.39 is 11.0 Å². The molecule has 0 heterocycles. The molecule has 0 aromatic carbocycles. The van der Waals surface area contributed by atoms with Crippen LogP contribution in [-0.4, -0.2) is 10.7 Å². The number of hydrogen-bond acceptors (Lipinski definition) is 2. The fraction of sp³-hybridized carbons (Fsp3) is 0.938. The van der Waals surface area contributed by atoms with Gasteiger partial charge in [-0.1, -0.05) is 40.0 Å². The van der Waals surface area contributed by atoms with Crippen LogP contribution in [-0.2, 0) is 0 Å². The molecule has 0 bridgehead atoms. The highest BCUT2D eigenvalue weighted by molar-refractivity contribution is 5.15. The Morgan fingerprint density at radius 1 is 1.11 bits per heavy atom. The van der Waals surface area contributed by atoms with Crippen LogP contribution < -0.4 is 0 Å². The molecule has 0 radical (unpaired) electrons. The van der Waals surface area contributed by atoms with Crippen molar-refractivity contribution in [1.82, 2.24) is 0 Å². The summed E-state index contributed by atoms with van der Waals surface area (Å²) in [4.78, 5) is 0. The summed E-state index contributed by atoms with van der Waals surface area (Å²) >= 11 is 0. The summed E-state index contributed by atoms with van der Waals surface area (Å²) in [6.07, 6.45) is 7.97. The van der Waals surface area contributed by atoms with Crippen molar-refractivity contribution in [2.24, 2.45) is 16.7 Å². The van der Waals surface area contributed by atoms with Crippen LogP contribution in [0.15, 0.2) is 0 Å². The molecule has 2 rings (SSSR count). The molecule has 0 aromatic heterocycles. The molecular weight excluding hydrogens is 222 g/mol. The van der Waals surface area contributed by atoms with E-state index in [1.807, 2.05) is 0 Å². The highest BCUT2D eigenvalue weighted by Crippen LogP contribution is 2.55. The third kappa shape index (κ3) is 2.30. The minimum atomic E-state index is -0.761. The van der Waals surface area contributed by atoms with E-state index in [1.54, 1.807) is 0 Å². The lowest BCUT2D eigenvalue weighted by Gasteiger charge is -2.53. The molecule has 0 spiro atoms. The SMILES string of the molecule is CC1CC(C)(C)CC(O)(C2(C#N)CCCCC2)C1. The lowest BCUT2D eigenvalue weighted by molar-refractivity contribution is -0.137. The van der Waals surface area contributed by atoms with E-state index in [-0.39, 0.29) is 5.41 Å². The first-order chi connectivity index (χ1) is 8.33. The fourth-order valence-corrected chi connectivity index (χ4v) is 4.73. The number of aliphatic hydroxyl groups is 1. The zero-order chi connectivity index (χ0) is 13.4. The van der Waals surface area contributed by atoms with Crippen molar-refractivity contribution < 1.29 is 5.11 Å². The van der Waals surface area contributed by atoms with E-state index >= 15 is 0 Å². The van der Waals surface area contributed by atoms with E-state index in [2.05, 4.69) is 26.8 Å². The number of nitriles is 1. The van der Waals surface area contributed by atoms with Gasteiger partial charge in [0.05, 0.1) is 17.1 Å². The predicted octanol–water partition coefficient (Wildman–Crippen LogP) is 4.04. The first-order valence-corrected chi connectivity index (χ1v) is 7.46. The van der Waals surface area contributed by atoms with Gasteiger partial charge < -0.3 is 5.11 Å². The molecule has 2 saturated carbocycles. The Bertz CT molecular complexity index is 349. The molecule has 0 saturated heterocycles. The zero-order valence-electron chi connectivity index (χ0n) is 12.1.